The van der Waals surface area contributed by atoms with E-state index < -0.39 is 0 Å². The van der Waals surface area contributed by atoms with Crippen molar-refractivity contribution in [2.45, 2.75) is 6.42 Å². The molecule has 24 heavy (non-hydrogen) atoms. The van der Waals surface area contributed by atoms with Crippen molar-refractivity contribution in [1.29, 1.82) is 0 Å². The van der Waals surface area contributed by atoms with E-state index in [-0.39, 0.29) is 22.4 Å². The van der Waals surface area contributed by atoms with Crippen LogP contribution in [0, 0.1) is 33.8 Å². The third-order valence-corrected chi connectivity index (χ3v) is 5.93. The molecule has 5 heteroatoms. The molecule has 120 valence electrons. The van der Waals surface area contributed by atoms with E-state index in [2.05, 4.69) is 12.2 Å². The van der Waals surface area contributed by atoms with E-state index in [9.17, 15) is 14.9 Å². The number of hydrogen-bond acceptors (Lipinski definition) is 3. The number of hydrogen-bond donors (Lipinski definition) is 0. The number of non-ortho nitro benzene ring substituents is 1. The third kappa shape index (κ3) is 1.67. The van der Waals surface area contributed by atoms with Gasteiger partial charge in [0.1, 0.15) is 0 Å². The molecule has 2 aliphatic carbocycles. The molecule has 1 amide bonds. The molecule has 2 bridgehead atoms. The lowest BCUT2D eigenvalue weighted by Gasteiger charge is -2.21. The van der Waals surface area contributed by atoms with Crippen molar-refractivity contribution in [3.63, 3.8) is 0 Å². The summed E-state index contributed by atoms with van der Waals surface area (Å²) >= 11 is 0. The number of nitrogens with zero attached hydrogens (tertiary/aromatic N) is 2. The molecule has 1 saturated heterocycles. The fourth-order valence-electron chi connectivity index (χ4n) is 4.90. The molecule has 4 atom stereocenters. The van der Waals surface area contributed by atoms with Crippen LogP contribution < -0.4 is 4.90 Å². The third-order valence-electron chi connectivity index (χ3n) is 5.93. The summed E-state index contributed by atoms with van der Waals surface area (Å²) in [6.45, 7) is 0.719. The second-order valence-electron chi connectivity index (χ2n) is 6.99. The molecule has 3 aliphatic rings. The van der Waals surface area contributed by atoms with E-state index in [1.54, 1.807) is 18.2 Å². The summed E-state index contributed by atoms with van der Waals surface area (Å²) in [5.74, 6) is 1.55. The van der Waals surface area contributed by atoms with E-state index in [1.807, 2.05) is 17.0 Å². The summed E-state index contributed by atoms with van der Waals surface area (Å²) in [4.78, 5) is 25.8. The molecule has 2 fully saturated rings. The van der Waals surface area contributed by atoms with Crippen LogP contribution in [-0.2, 0) is 4.79 Å². The lowest BCUT2D eigenvalue weighted by atomic mass is 9.86. The van der Waals surface area contributed by atoms with Gasteiger partial charge in [-0.3, -0.25) is 14.9 Å². The van der Waals surface area contributed by atoms with Crippen LogP contribution in [-0.4, -0.2) is 17.4 Å². The highest BCUT2D eigenvalue weighted by atomic mass is 16.6. The first-order valence-corrected chi connectivity index (χ1v) is 8.31. The van der Waals surface area contributed by atoms with Crippen LogP contribution >= 0.6 is 0 Å². The molecule has 0 N–H and O–H groups in total. The molecular formula is C19H16N2O3. The Labute approximate surface area is 138 Å². The number of amides is 1. The molecule has 1 aliphatic heterocycles. The van der Waals surface area contributed by atoms with Gasteiger partial charge in [-0.05, 0) is 36.3 Å². The Morgan fingerprint density at radius 1 is 1.04 bits per heavy atom. The zero-order chi connectivity index (χ0) is 16.4. The smallest absolute Gasteiger partial charge is 0.277 e. The number of rotatable bonds is 2. The second-order valence-corrected chi connectivity index (χ2v) is 6.99. The van der Waals surface area contributed by atoms with Crippen molar-refractivity contribution in [2.24, 2.45) is 23.7 Å². The topological polar surface area (TPSA) is 63.5 Å². The maximum atomic E-state index is 13.0. The van der Waals surface area contributed by atoms with Crippen LogP contribution in [0.5, 0.6) is 0 Å². The Balaban J connectivity index is 1.63. The molecule has 5 nitrogen and oxygen atoms in total. The molecule has 1 saturated carbocycles. The molecule has 0 radical (unpaired) electrons. The molecule has 2 unspecified atom stereocenters. The Morgan fingerprint density at radius 2 is 1.79 bits per heavy atom. The minimum atomic E-state index is -0.364. The number of carbonyl (C=O) groups excluding carboxylic acids is 1. The number of nitro benzene ring substituents is 1. The molecule has 1 heterocycles. The van der Waals surface area contributed by atoms with Gasteiger partial charge < -0.3 is 4.90 Å². The Hall–Kier alpha value is -2.69. The number of carbonyl (C=O) groups is 1. The quantitative estimate of drug-likeness (QED) is 0.483. The predicted molar refractivity (Wildman–Crippen MR) is 90.7 cm³/mol. The lowest BCUT2D eigenvalue weighted by molar-refractivity contribution is -0.383. The van der Waals surface area contributed by atoms with Crippen LogP contribution in [0.2, 0.25) is 0 Å². The van der Waals surface area contributed by atoms with E-state index in [1.165, 1.54) is 6.07 Å². The Bertz CT molecular complexity index is 920. The number of anilines is 1. The van der Waals surface area contributed by atoms with E-state index in [0.29, 0.717) is 23.1 Å². The summed E-state index contributed by atoms with van der Waals surface area (Å²) in [6.07, 6.45) is 5.56. The number of benzene rings is 2. The predicted octanol–water partition coefficient (Wildman–Crippen LogP) is 3.53. The van der Waals surface area contributed by atoms with Crippen molar-refractivity contribution in [3.05, 3.63) is 58.7 Å². The summed E-state index contributed by atoms with van der Waals surface area (Å²) in [5.41, 5.74) is 0.887. The zero-order valence-corrected chi connectivity index (χ0v) is 13.0. The Kier molecular flexibility index (Phi) is 2.66. The van der Waals surface area contributed by atoms with Gasteiger partial charge in [-0.1, -0.05) is 30.4 Å². The van der Waals surface area contributed by atoms with Crippen molar-refractivity contribution in [1.82, 2.24) is 0 Å². The minimum absolute atomic E-state index is 0.0860. The van der Waals surface area contributed by atoms with Crippen molar-refractivity contribution < 1.29 is 9.72 Å². The summed E-state index contributed by atoms with van der Waals surface area (Å²) in [5, 5.41) is 12.6. The maximum absolute atomic E-state index is 13.0. The number of fused-ring (bicyclic) bond motifs is 6. The van der Waals surface area contributed by atoms with Gasteiger partial charge in [0.2, 0.25) is 5.91 Å². The van der Waals surface area contributed by atoms with Gasteiger partial charge in [-0.2, -0.15) is 0 Å². The molecular weight excluding hydrogens is 304 g/mol. The summed E-state index contributed by atoms with van der Waals surface area (Å²) < 4.78 is 0. The molecule has 2 aromatic rings. The number of nitro groups is 1. The fraction of sp³-hybridized carbons (Fsp3) is 0.316. The summed E-state index contributed by atoms with van der Waals surface area (Å²) in [7, 11) is 0. The first kappa shape index (κ1) is 13.7. The van der Waals surface area contributed by atoms with Crippen molar-refractivity contribution in [2.75, 3.05) is 11.4 Å². The van der Waals surface area contributed by atoms with Gasteiger partial charge in [-0.15, -0.1) is 0 Å². The van der Waals surface area contributed by atoms with Gasteiger partial charge in [0.25, 0.3) is 5.69 Å². The van der Waals surface area contributed by atoms with E-state index in [4.69, 9.17) is 0 Å². The van der Waals surface area contributed by atoms with E-state index >= 15 is 0 Å². The molecule has 0 spiro atoms. The first-order valence-electron chi connectivity index (χ1n) is 8.31. The molecule has 0 aromatic heterocycles. The van der Waals surface area contributed by atoms with Crippen LogP contribution in [0.1, 0.15) is 6.42 Å². The molecule has 5 rings (SSSR count). The van der Waals surface area contributed by atoms with Crippen LogP contribution in [0.3, 0.4) is 0 Å². The van der Waals surface area contributed by atoms with Gasteiger partial charge in [0.05, 0.1) is 16.0 Å². The first-order chi connectivity index (χ1) is 11.6. The van der Waals surface area contributed by atoms with Crippen LogP contribution in [0.4, 0.5) is 11.4 Å². The van der Waals surface area contributed by atoms with Crippen molar-refractivity contribution in [3.8, 4) is 0 Å². The largest absolute Gasteiger partial charge is 0.311 e. The summed E-state index contributed by atoms with van der Waals surface area (Å²) in [6, 6.07) is 10.5. The average Bonchev–Trinajstić information content (AvgIpc) is 3.27. The lowest BCUT2D eigenvalue weighted by Crippen LogP contribution is -2.29. The molecule has 2 aromatic carbocycles. The van der Waals surface area contributed by atoms with E-state index in [0.717, 1.165) is 24.0 Å². The highest BCUT2D eigenvalue weighted by Gasteiger charge is 2.54. The standard InChI is InChI=1S/C19H16N2O3/c22-19-18-12-6-5-11(9-12)15(18)10-20(19)16-7-8-17(21(23)24)14-4-2-1-3-13(14)16/h1-8,11-12,15,18H,9-10H2/t11?,12?,15-,18+/m1/s1. The fourth-order valence-corrected chi connectivity index (χ4v) is 4.90. The number of allylic oxidation sites excluding steroid dienone is 2. The maximum Gasteiger partial charge on any atom is 0.277 e. The zero-order valence-electron chi connectivity index (χ0n) is 13.0. The monoisotopic (exact) mass is 320 g/mol. The Morgan fingerprint density at radius 3 is 2.54 bits per heavy atom. The minimum Gasteiger partial charge on any atom is -0.311 e. The van der Waals surface area contributed by atoms with Gasteiger partial charge in [-0.25, -0.2) is 0 Å². The normalized spacial score (nSPS) is 30.3. The van der Waals surface area contributed by atoms with Crippen LogP contribution in [0.25, 0.3) is 10.8 Å². The van der Waals surface area contributed by atoms with Gasteiger partial charge in [0.15, 0.2) is 0 Å². The highest BCUT2D eigenvalue weighted by Crippen LogP contribution is 2.53. The van der Waals surface area contributed by atoms with Gasteiger partial charge in [0, 0.05) is 23.9 Å². The van der Waals surface area contributed by atoms with Gasteiger partial charge >= 0.3 is 0 Å². The highest BCUT2D eigenvalue weighted by molar-refractivity contribution is 6.08. The van der Waals surface area contributed by atoms with Crippen LogP contribution in [0.15, 0.2) is 48.6 Å². The SMILES string of the molecule is O=C1[C@H]2C3C=CC(C3)[C@H]2CN1c1ccc([N+](=O)[O-])c2ccccc12. The average molecular weight is 320 g/mol. The second kappa shape index (κ2) is 4.66. The van der Waals surface area contributed by atoms with Crippen molar-refractivity contribution >= 4 is 28.1 Å².